The molecule has 4 nitrogen and oxygen atoms in total. The fourth-order valence-electron chi connectivity index (χ4n) is 1.48. The van der Waals surface area contributed by atoms with E-state index in [4.69, 9.17) is 4.74 Å². The van der Waals surface area contributed by atoms with Gasteiger partial charge in [-0.05, 0) is 40.3 Å². The molecule has 0 saturated heterocycles. The summed E-state index contributed by atoms with van der Waals surface area (Å²) in [5.41, 5.74) is -0.407. The third kappa shape index (κ3) is 8.14. The van der Waals surface area contributed by atoms with E-state index in [2.05, 4.69) is 30.3 Å². The molecule has 1 N–H and O–H groups in total. The van der Waals surface area contributed by atoms with Gasteiger partial charge in [0.25, 0.3) is 0 Å². The second-order valence-corrected chi connectivity index (χ2v) is 4.62. The molecule has 1 atom stereocenters. The zero-order chi connectivity index (χ0) is 13.1. The van der Waals surface area contributed by atoms with Crippen molar-refractivity contribution >= 4 is 0 Å². The smallest absolute Gasteiger partial charge is 0.105 e. The van der Waals surface area contributed by atoms with E-state index in [0.29, 0.717) is 0 Å². The van der Waals surface area contributed by atoms with Gasteiger partial charge < -0.3 is 9.64 Å². The monoisotopic (exact) mass is 241 g/mol. The minimum Gasteiger partial charge on any atom is -0.380 e. The third-order valence-corrected chi connectivity index (χ3v) is 2.83. The van der Waals surface area contributed by atoms with Gasteiger partial charge in [0.15, 0.2) is 0 Å². The van der Waals surface area contributed by atoms with Crippen LogP contribution >= 0.6 is 0 Å². The van der Waals surface area contributed by atoms with Crippen LogP contribution in [0.3, 0.4) is 0 Å². The van der Waals surface area contributed by atoms with Crippen molar-refractivity contribution in [3.05, 3.63) is 0 Å². The van der Waals surface area contributed by atoms with E-state index in [9.17, 15) is 5.26 Å². The third-order valence-electron chi connectivity index (χ3n) is 2.83. The Kier molecular flexibility index (Phi) is 9.06. The van der Waals surface area contributed by atoms with Gasteiger partial charge in [0.05, 0.1) is 12.7 Å². The SMILES string of the molecule is CCCNC(C)(C#N)CCN(C)CCOCC. The summed E-state index contributed by atoms with van der Waals surface area (Å²) in [6, 6.07) is 2.37. The number of hydrogen-bond acceptors (Lipinski definition) is 4. The molecule has 0 spiro atoms. The fraction of sp³-hybridized carbons (Fsp3) is 0.923. The summed E-state index contributed by atoms with van der Waals surface area (Å²) >= 11 is 0. The second kappa shape index (κ2) is 9.41. The molecule has 100 valence electrons. The lowest BCUT2D eigenvalue weighted by atomic mass is 9.99. The molecular weight excluding hydrogens is 214 g/mol. The summed E-state index contributed by atoms with van der Waals surface area (Å²) < 4.78 is 5.31. The predicted octanol–water partition coefficient (Wildman–Crippen LogP) is 1.63. The minimum atomic E-state index is -0.407. The zero-order valence-electron chi connectivity index (χ0n) is 11.8. The number of nitriles is 1. The summed E-state index contributed by atoms with van der Waals surface area (Å²) in [6.07, 6.45) is 1.89. The van der Waals surface area contributed by atoms with Crippen molar-refractivity contribution in [3.63, 3.8) is 0 Å². The molecular formula is C13H27N3O. The second-order valence-electron chi connectivity index (χ2n) is 4.62. The van der Waals surface area contributed by atoms with Gasteiger partial charge in [0.1, 0.15) is 5.54 Å². The molecule has 0 saturated carbocycles. The highest BCUT2D eigenvalue weighted by atomic mass is 16.5. The number of nitrogens with one attached hydrogen (secondary N) is 1. The standard InChI is InChI=1S/C13H27N3O/c1-5-8-15-13(3,12-14)7-9-16(4)10-11-17-6-2/h15H,5-11H2,1-4H3. The van der Waals surface area contributed by atoms with Gasteiger partial charge in [-0.2, -0.15) is 5.26 Å². The first-order valence-electron chi connectivity index (χ1n) is 6.50. The van der Waals surface area contributed by atoms with E-state index < -0.39 is 5.54 Å². The van der Waals surface area contributed by atoms with Gasteiger partial charge in [-0.3, -0.25) is 5.32 Å². The molecule has 0 fully saturated rings. The molecule has 0 aromatic heterocycles. The van der Waals surface area contributed by atoms with E-state index in [1.165, 1.54) is 0 Å². The first kappa shape index (κ1) is 16.4. The molecule has 0 rings (SSSR count). The quantitative estimate of drug-likeness (QED) is 0.591. The van der Waals surface area contributed by atoms with Crippen LogP contribution in [0, 0.1) is 11.3 Å². The highest BCUT2D eigenvalue weighted by Gasteiger charge is 2.22. The Labute approximate surface area is 106 Å². The van der Waals surface area contributed by atoms with Gasteiger partial charge in [-0.1, -0.05) is 6.92 Å². The van der Waals surface area contributed by atoms with Crippen LogP contribution in [-0.2, 0) is 4.74 Å². The summed E-state index contributed by atoms with van der Waals surface area (Å²) in [5.74, 6) is 0. The van der Waals surface area contributed by atoms with Crippen molar-refractivity contribution in [1.82, 2.24) is 10.2 Å². The van der Waals surface area contributed by atoms with E-state index in [1.807, 2.05) is 13.8 Å². The molecule has 0 aliphatic rings. The molecule has 17 heavy (non-hydrogen) atoms. The Morgan fingerprint density at radius 3 is 2.59 bits per heavy atom. The Hall–Kier alpha value is -0.630. The lowest BCUT2D eigenvalue weighted by molar-refractivity contribution is 0.120. The van der Waals surface area contributed by atoms with Crippen molar-refractivity contribution < 1.29 is 4.74 Å². The van der Waals surface area contributed by atoms with Gasteiger partial charge >= 0.3 is 0 Å². The van der Waals surface area contributed by atoms with Gasteiger partial charge in [-0.25, -0.2) is 0 Å². The van der Waals surface area contributed by atoms with Crippen LogP contribution in [0.1, 0.15) is 33.6 Å². The normalized spacial score (nSPS) is 14.6. The summed E-state index contributed by atoms with van der Waals surface area (Å²) in [7, 11) is 2.07. The van der Waals surface area contributed by atoms with Crippen LogP contribution in [-0.4, -0.2) is 50.3 Å². The van der Waals surface area contributed by atoms with E-state index in [0.717, 1.165) is 45.7 Å². The summed E-state index contributed by atoms with van der Waals surface area (Å²) in [6.45, 7) is 10.3. The van der Waals surface area contributed by atoms with Gasteiger partial charge in [-0.15, -0.1) is 0 Å². The van der Waals surface area contributed by atoms with Gasteiger partial charge in [0, 0.05) is 19.7 Å². The van der Waals surface area contributed by atoms with Crippen LogP contribution < -0.4 is 5.32 Å². The van der Waals surface area contributed by atoms with E-state index in [1.54, 1.807) is 0 Å². The number of rotatable bonds is 10. The average Bonchev–Trinajstić information content (AvgIpc) is 2.34. The highest BCUT2D eigenvalue weighted by molar-refractivity contribution is 5.03. The Balaban J connectivity index is 3.85. The Morgan fingerprint density at radius 2 is 2.06 bits per heavy atom. The largest absolute Gasteiger partial charge is 0.380 e. The fourth-order valence-corrected chi connectivity index (χ4v) is 1.48. The number of likely N-dealkylation sites (N-methyl/N-ethyl adjacent to an activating group) is 1. The number of nitrogens with zero attached hydrogens (tertiary/aromatic N) is 2. The van der Waals surface area contributed by atoms with Crippen LogP contribution in [0.25, 0.3) is 0 Å². The van der Waals surface area contributed by atoms with Crippen LogP contribution in [0.5, 0.6) is 0 Å². The molecule has 0 aromatic carbocycles. The summed E-state index contributed by atoms with van der Waals surface area (Å²) in [5, 5.41) is 12.5. The van der Waals surface area contributed by atoms with Crippen LogP contribution in [0.4, 0.5) is 0 Å². The van der Waals surface area contributed by atoms with Gasteiger partial charge in [0.2, 0.25) is 0 Å². The Bertz CT molecular complexity index is 227. The molecule has 0 amide bonds. The molecule has 0 aliphatic heterocycles. The predicted molar refractivity (Wildman–Crippen MR) is 70.9 cm³/mol. The lowest BCUT2D eigenvalue weighted by Gasteiger charge is -2.26. The topological polar surface area (TPSA) is 48.3 Å². The maximum absolute atomic E-state index is 9.18. The first-order chi connectivity index (χ1) is 8.08. The number of ether oxygens (including phenoxy) is 1. The van der Waals surface area contributed by atoms with Crippen LogP contribution in [0.15, 0.2) is 0 Å². The molecule has 0 heterocycles. The van der Waals surface area contributed by atoms with Crippen molar-refractivity contribution in [1.29, 1.82) is 5.26 Å². The zero-order valence-corrected chi connectivity index (χ0v) is 11.8. The summed E-state index contributed by atoms with van der Waals surface area (Å²) in [4.78, 5) is 2.21. The first-order valence-corrected chi connectivity index (χ1v) is 6.50. The lowest BCUT2D eigenvalue weighted by Crippen LogP contribution is -2.44. The van der Waals surface area contributed by atoms with E-state index >= 15 is 0 Å². The van der Waals surface area contributed by atoms with E-state index in [-0.39, 0.29) is 0 Å². The number of hydrogen-bond donors (Lipinski definition) is 1. The molecule has 0 aliphatic carbocycles. The average molecular weight is 241 g/mol. The minimum absolute atomic E-state index is 0.407. The molecule has 0 radical (unpaired) electrons. The van der Waals surface area contributed by atoms with Crippen LogP contribution in [0.2, 0.25) is 0 Å². The highest BCUT2D eigenvalue weighted by Crippen LogP contribution is 2.08. The molecule has 1 unspecified atom stereocenters. The molecule has 0 bridgehead atoms. The maximum Gasteiger partial charge on any atom is 0.105 e. The van der Waals surface area contributed by atoms with Crippen molar-refractivity contribution in [2.24, 2.45) is 0 Å². The van der Waals surface area contributed by atoms with Crippen molar-refractivity contribution in [2.45, 2.75) is 39.2 Å². The van der Waals surface area contributed by atoms with Crippen molar-refractivity contribution in [3.8, 4) is 6.07 Å². The van der Waals surface area contributed by atoms with Crippen molar-refractivity contribution in [2.75, 3.05) is 39.9 Å². The Morgan fingerprint density at radius 1 is 1.35 bits per heavy atom. The molecule has 0 aromatic rings. The molecule has 4 heteroatoms. The maximum atomic E-state index is 9.18.